The molecule has 26 heteroatoms. The lowest BCUT2D eigenvalue weighted by atomic mass is 9.84. The van der Waals surface area contributed by atoms with Crippen LogP contribution in [0, 0.1) is 0 Å². The Hall–Kier alpha value is -1.76. The first-order valence-electron chi connectivity index (χ1n) is 9.13. The van der Waals surface area contributed by atoms with Gasteiger partial charge in [-0.3, -0.25) is 0 Å². The molecule has 0 aliphatic rings. The Balaban J connectivity index is 7.23. The zero-order chi connectivity index (χ0) is 34.1. The van der Waals surface area contributed by atoms with Crippen LogP contribution < -0.4 is 0 Å². The molecule has 248 valence electrons. The molecular formula is C15H8F24O2. The molecule has 0 aliphatic carbocycles. The van der Waals surface area contributed by atoms with Crippen LogP contribution in [0.4, 0.5) is 105 Å². The molecule has 0 aromatic rings. The van der Waals surface area contributed by atoms with Crippen molar-refractivity contribution in [1.29, 1.82) is 0 Å². The monoisotopic (exact) mass is 676 g/mol. The van der Waals surface area contributed by atoms with Crippen LogP contribution in [0.5, 0.6) is 0 Å². The van der Waals surface area contributed by atoms with E-state index >= 15 is 0 Å². The number of hydrogen-bond acceptors (Lipinski definition) is 2. The van der Waals surface area contributed by atoms with Crippen LogP contribution in [0.25, 0.3) is 0 Å². The van der Waals surface area contributed by atoms with Crippen molar-refractivity contribution in [3.63, 3.8) is 0 Å². The Morgan fingerprint density at radius 1 is 0.390 bits per heavy atom. The van der Waals surface area contributed by atoms with Gasteiger partial charge in [0.2, 0.25) is 0 Å². The van der Waals surface area contributed by atoms with Gasteiger partial charge in [-0.2, -0.15) is 96.6 Å². The summed E-state index contributed by atoms with van der Waals surface area (Å²) in [6, 6.07) is 0. The van der Waals surface area contributed by atoms with E-state index in [1.54, 1.807) is 0 Å². The van der Waals surface area contributed by atoms with Gasteiger partial charge >= 0.3 is 71.6 Å². The maximum atomic E-state index is 13.6. The molecule has 0 fully saturated rings. The summed E-state index contributed by atoms with van der Waals surface area (Å²) in [6.07, 6.45) is -12.9. The summed E-state index contributed by atoms with van der Waals surface area (Å²) in [7, 11) is 0. The Kier molecular flexibility index (Phi) is 9.73. The average molecular weight is 676 g/mol. The molecule has 2 N–H and O–H groups in total. The van der Waals surface area contributed by atoms with Crippen molar-refractivity contribution in [2.24, 2.45) is 0 Å². The molecule has 0 saturated carbocycles. The standard InChI is InChI=1S/C15H8F24O2/c16-4(17)6(20,21)8(24,25)10(28,29)12(32,33)14(36,37)15(38,39)13(34,35)11(30,31)9(26,27)7(22,23)5(18,19)1-3(41)2-40/h3-4,40-41H,1-2H2. The van der Waals surface area contributed by atoms with Crippen molar-refractivity contribution in [3.8, 4) is 0 Å². The summed E-state index contributed by atoms with van der Waals surface area (Å²) in [5.74, 6) is -97.0. The molecule has 0 heterocycles. The Bertz CT molecular complexity index is 922. The van der Waals surface area contributed by atoms with Gasteiger partial charge in [-0.05, 0) is 0 Å². The molecule has 2 nitrogen and oxygen atoms in total. The maximum absolute atomic E-state index is 13.6. The van der Waals surface area contributed by atoms with E-state index in [0.29, 0.717) is 0 Å². The number of halogens is 24. The minimum absolute atomic E-state index is 2.12. The van der Waals surface area contributed by atoms with E-state index in [2.05, 4.69) is 0 Å². The highest BCUT2D eigenvalue weighted by Crippen LogP contribution is 2.67. The van der Waals surface area contributed by atoms with Crippen LogP contribution in [-0.2, 0) is 0 Å². The fraction of sp³-hybridized carbons (Fsp3) is 1.00. The molecule has 1 unspecified atom stereocenters. The summed E-state index contributed by atoms with van der Waals surface area (Å²) in [6.45, 7) is -2.12. The second kappa shape index (κ2) is 10.2. The van der Waals surface area contributed by atoms with Gasteiger partial charge < -0.3 is 10.2 Å². The van der Waals surface area contributed by atoms with Gasteiger partial charge in [0.15, 0.2) is 0 Å². The van der Waals surface area contributed by atoms with Gasteiger partial charge in [0.25, 0.3) is 0 Å². The Morgan fingerprint density at radius 3 is 0.829 bits per heavy atom. The van der Waals surface area contributed by atoms with E-state index < -0.39 is 90.7 Å². The largest absolute Gasteiger partial charge is 0.394 e. The highest BCUT2D eigenvalue weighted by atomic mass is 19.4. The topological polar surface area (TPSA) is 40.5 Å². The first-order valence-corrected chi connectivity index (χ1v) is 9.13. The highest BCUT2D eigenvalue weighted by molar-refractivity contribution is 5.19. The molecule has 0 saturated heterocycles. The molecule has 0 amide bonds. The molecular weight excluding hydrogens is 668 g/mol. The van der Waals surface area contributed by atoms with E-state index in [0.717, 1.165) is 0 Å². The Morgan fingerprint density at radius 2 is 0.610 bits per heavy atom. The first kappa shape index (κ1) is 39.2. The van der Waals surface area contributed by atoms with E-state index in [1.165, 1.54) is 0 Å². The highest BCUT2D eigenvalue weighted by Gasteiger charge is 2.98. The minimum Gasteiger partial charge on any atom is -0.394 e. The van der Waals surface area contributed by atoms with Crippen LogP contribution in [0.15, 0.2) is 0 Å². The maximum Gasteiger partial charge on any atom is 0.385 e. The molecule has 1 atom stereocenters. The lowest BCUT2D eigenvalue weighted by Crippen LogP contribution is -2.78. The van der Waals surface area contributed by atoms with Crippen molar-refractivity contribution in [1.82, 2.24) is 0 Å². The number of aliphatic hydroxyl groups excluding tert-OH is 2. The van der Waals surface area contributed by atoms with Crippen molar-refractivity contribution >= 4 is 0 Å². The number of aliphatic hydroxyl groups is 2. The van der Waals surface area contributed by atoms with E-state index in [1.807, 2.05) is 0 Å². The molecule has 0 spiro atoms. The molecule has 0 bridgehead atoms. The molecule has 0 rings (SSSR count). The van der Waals surface area contributed by atoms with Crippen molar-refractivity contribution in [2.75, 3.05) is 6.61 Å². The third-order valence-electron chi connectivity index (χ3n) is 5.01. The van der Waals surface area contributed by atoms with Gasteiger partial charge in [0.05, 0.1) is 12.7 Å². The second-order valence-electron chi connectivity index (χ2n) is 7.84. The van der Waals surface area contributed by atoms with Crippen LogP contribution in [-0.4, -0.2) is 94.5 Å². The summed E-state index contributed by atoms with van der Waals surface area (Å²) < 4.78 is 319. The third kappa shape index (κ3) is 4.90. The van der Waals surface area contributed by atoms with Gasteiger partial charge in [0.1, 0.15) is 0 Å². The molecule has 0 radical (unpaired) electrons. The summed E-state index contributed by atoms with van der Waals surface area (Å²) in [5.41, 5.74) is 0. The number of rotatable bonds is 14. The summed E-state index contributed by atoms with van der Waals surface area (Å²) >= 11 is 0. The average Bonchev–Trinajstić information content (AvgIpc) is 2.76. The number of alkyl halides is 24. The predicted molar refractivity (Wildman–Crippen MR) is 78.1 cm³/mol. The van der Waals surface area contributed by atoms with Gasteiger partial charge in [0, 0.05) is 6.42 Å². The van der Waals surface area contributed by atoms with Gasteiger partial charge in [-0.25, -0.2) is 8.78 Å². The van der Waals surface area contributed by atoms with E-state index in [9.17, 15) is 105 Å². The zero-order valence-electron chi connectivity index (χ0n) is 18.0. The van der Waals surface area contributed by atoms with Crippen molar-refractivity contribution < 1.29 is 116 Å². The van der Waals surface area contributed by atoms with Crippen molar-refractivity contribution in [3.05, 3.63) is 0 Å². The third-order valence-corrected chi connectivity index (χ3v) is 5.01. The van der Waals surface area contributed by atoms with E-state index in [4.69, 9.17) is 10.2 Å². The fourth-order valence-corrected chi connectivity index (χ4v) is 2.44. The lowest BCUT2D eigenvalue weighted by molar-refractivity contribution is -0.476. The summed E-state index contributed by atoms with van der Waals surface area (Å²) in [4.78, 5) is 0. The van der Waals surface area contributed by atoms with Gasteiger partial charge in [-0.1, -0.05) is 0 Å². The smallest absolute Gasteiger partial charge is 0.385 e. The van der Waals surface area contributed by atoms with Crippen molar-refractivity contribution in [2.45, 2.75) is 84.1 Å². The van der Waals surface area contributed by atoms with Crippen LogP contribution in [0.3, 0.4) is 0 Å². The molecule has 0 aromatic heterocycles. The van der Waals surface area contributed by atoms with Crippen LogP contribution in [0.1, 0.15) is 6.42 Å². The Labute approximate surface area is 207 Å². The normalized spacial score (nSPS) is 17.3. The quantitative estimate of drug-likeness (QED) is 0.195. The molecule has 0 aliphatic heterocycles. The first-order chi connectivity index (χ1) is 17.4. The zero-order valence-corrected chi connectivity index (χ0v) is 18.0. The van der Waals surface area contributed by atoms with Crippen LogP contribution in [0.2, 0.25) is 0 Å². The lowest BCUT2D eigenvalue weighted by Gasteiger charge is -2.45. The summed E-state index contributed by atoms with van der Waals surface area (Å²) in [5, 5.41) is 16.8. The van der Waals surface area contributed by atoms with Crippen LogP contribution >= 0.6 is 0 Å². The van der Waals surface area contributed by atoms with Gasteiger partial charge in [-0.15, -0.1) is 0 Å². The predicted octanol–water partition coefficient (Wildman–Crippen LogP) is 6.98. The molecule has 0 aromatic carbocycles. The second-order valence-corrected chi connectivity index (χ2v) is 7.84. The SMILES string of the molecule is OCC(O)CC(F)(F)C(F)(F)C(F)(F)C(F)(F)C(F)(F)C(F)(F)C(F)(F)C(F)(F)C(F)(F)C(F)(F)C(F)(F)C(F)F. The fourth-order valence-electron chi connectivity index (χ4n) is 2.44. The van der Waals surface area contributed by atoms with E-state index in [-0.39, 0.29) is 0 Å². The molecule has 41 heavy (non-hydrogen) atoms. The minimum atomic E-state index is -9.52. The number of hydrogen-bond donors (Lipinski definition) is 2.